The van der Waals surface area contributed by atoms with Gasteiger partial charge in [-0.05, 0) is 62.1 Å². The van der Waals surface area contributed by atoms with Gasteiger partial charge in [0, 0.05) is 26.1 Å². The van der Waals surface area contributed by atoms with Crippen molar-refractivity contribution >= 4 is 17.0 Å². The largest absolute Gasteiger partial charge is 0.481 e. The Labute approximate surface area is 202 Å². The number of hydrogen-bond acceptors (Lipinski definition) is 6. The van der Waals surface area contributed by atoms with Crippen LogP contribution in [0.15, 0.2) is 52.1 Å². The molecule has 4 rings (SSSR count). The van der Waals surface area contributed by atoms with Crippen molar-refractivity contribution in [2.75, 3.05) is 13.1 Å². The Balaban J connectivity index is 1.68. The first kappa shape index (κ1) is 24.3. The number of aliphatic carboxylic acids is 1. The number of carbonyl (C=O) groups is 1. The van der Waals surface area contributed by atoms with Crippen LogP contribution in [-0.4, -0.2) is 48.6 Å². The van der Waals surface area contributed by atoms with Crippen molar-refractivity contribution in [1.29, 1.82) is 0 Å². The molecule has 9 nitrogen and oxygen atoms in total. The summed E-state index contributed by atoms with van der Waals surface area (Å²) in [6, 6.07) is 14.0. The molecule has 182 valence electrons. The van der Waals surface area contributed by atoms with Crippen LogP contribution in [0.3, 0.4) is 0 Å². The highest BCUT2D eigenvalue weighted by molar-refractivity contribution is 5.81. The molecule has 2 aromatic rings. The third-order valence-corrected chi connectivity index (χ3v) is 6.23. The number of aromatic amines is 1. The summed E-state index contributed by atoms with van der Waals surface area (Å²) < 4.78 is 1.90. The van der Waals surface area contributed by atoms with Gasteiger partial charge in [0.25, 0.3) is 5.56 Å². The zero-order chi connectivity index (χ0) is 24.9. The van der Waals surface area contributed by atoms with Crippen molar-refractivity contribution in [2.24, 2.45) is 0 Å². The van der Waals surface area contributed by atoms with Gasteiger partial charge in [-0.25, -0.2) is 9.78 Å². The quantitative estimate of drug-likeness (QED) is 0.267. The van der Waals surface area contributed by atoms with Gasteiger partial charge in [-0.3, -0.25) is 19.5 Å². The van der Waals surface area contributed by atoms with Crippen LogP contribution in [0, 0.1) is 13.8 Å². The summed E-state index contributed by atoms with van der Waals surface area (Å²) in [5.74, 6) is -0.527. The Morgan fingerprint density at radius 3 is 2.51 bits per heavy atom. The maximum absolute atomic E-state index is 12.5. The maximum atomic E-state index is 12.5. The second kappa shape index (κ2) is 10.6. The van der Waals surface area contributed by atoms with E-state index in [0.717, 1.165) is 35.2 Å². The molecule has 0 unspecified atom stereocenters. The standard InChI is InChI=1S/C26H29N5O4/c1-17-14-20-21(15-18(17)2)31(24-23(27-20)25(34)29-26(35)28-24)13-12-30(11-7-6-10-22(32)33)16-19-8-4-3-5-9-19/h3-5,8-9,14-15H,6-7,10-13,16H2,1-2H3,(H,32,33)(H,29,34,35). The minimum absolute atomic E-state index is 0.136. The van der Waals surface area contributed by atoms with Crippen molar-refractivity contribution in [3.63, 3.8) is 0 Å². The molecule has 0 amide bonds. The fourth-order valence-corrected chi connectivity index (χ4v) is 4.24. The Morgan fingerprint density at radius 1 is 1.03 bits per heavy atom. The maximum Gasteiger partial charge on any atom is 0.349 e. The molecule has 9 heteroatoms. The average Bonchev–Trinajstić information content (AvgIpc) is 2.81. The summed E-state index contributed by atoms with van der Waals surface area (Å²) in [6.45, 7) is 6.54. The van der Waals surface area contributed by atoms with Crippen LogP contribution in [0.5, 0.6) is 0 Å². The Morgan fingerprint density at radius 2 is 1.77 bits per heavy atom. The summed E-state index contributed by atoms with van der Waals surface area (Å²) in [6.07, 6.45) is 1.50. The second-order valence-corrected chi connectivity index (χ2v) is 8.84. The summed E-state index contributed by atoms with van der Waals surface area (Å²) in [5, 5.41) is 8.97. The van der Waals surface area contributed by atoms with Crippen molar-refractivity contribution < 1.29 is 9.90 Å². The zero-order valence-electron chi connectivity index (χ0n) is 20.0. The van der Waals surface area contributed by atoms with Crippen LogP contribution in [0.1, 0.15) is 36.0 Å². The van der Waals surface area contributed by atoms with Gasteiger partial charge in [0.05, 0.1) is 11.0 Å². The Bertz CT molecular complexity index is 1430. The number of hydrogen-bond donors (Lipinski definition) is 2. The minimum Gasteiger partial charge on any atom is -0.481 e. The molecule has 2 heterocycles. The number of aromatic nitrogens is 4. The van der Waals surface area contributed by atoms with E-state index in [1.54, 1.807) is 0 Å². The third kappa shape index (κ3) is 5.81. The highest BCUT2D eigenvalue weighted by Crippen LogP contribution is 2.24. The molecule has 0 saturated carbocycles. The Hall–Kier alpha value is -3.85. The lowest BCUT2D eigenvalue weighted by Gasteiger charge is -2.25. The van der Waals surface area contributed by atoms with Crippen molar-refractivity contribution in [3.05, 3.63) is 80.0 Å². The topological polar surface area (TPSA) is 121 Å². The number of carboxylic acids is 1. The summed E-state index contributed by atoms with van der Waals surface area (Å²) >= 11 is 0. The lowest BCUT2D eigenvalue weighted by molar-refractivity contribution is -0.137. The molecular formula is C26H29N5O4. The van der Waals surface area contributed by atoms with E-state index in [4.69, 9.17) is 5.11 Å². The normalized spacial score (nSPS) is 11.5. The van der Waals surface area contributed by atoms with E-state index in [9.17, 15) is 14.4 Å². The molecular weight excluding hydrogens is 446 g/mol. The number of unbranched alkanes of at least 4 members (excludes halogenated alkanes) is 1. The summed E-state index contributed by atoms with van der Waals surface area (Å²) in [5.41, 5.74) is 3.66. The third-order valence-electron chi connectivity index (χ3n) is 6.23. The smallest absolute Gasteiger partial charge is 0.349 e. The van der Waals surface area contributed by atoms with Crippen LogP contribution in [-0.2, 0) is 17.9 Å². The van der Waals surface area contributed by atoms with E-state index in [1.165, 1.54) is 0 Å². The molecule has 0 aromatic heterocycles. The number of rotatable bonds is 10. The van der Waals surface area contributed by atoms with Gasteiger partial charge >= 0.3 is 11.7 Å². The number of fused-ring (bicyclic) bond motifs is 2. The molecule has 0 atom stereocenters. The van der Waals surface area contributed by atoms with Gasteiger partial charge in [0.1, 0.15) is 0 Å². The van der Waals surface area contributed by atoms with Crippen LogP contribution < -0.4 is 11.2 Å². The molecule has 0 bridgehead atoms. The van der Waals surface area contributed by atoms with Crippen LogP contribution in [0.4, 0.5) is 0 Å². The summed E-state index contributed by atoms with van der Waals surface area (Å²) in [4.78, 5) is 48.6. The number of benzene rings is 2. The molecule has 2 N–H and O–H groups in total. The fourth-order valence-electron chi connectivity index (χ4n) is 4.24. The molecule has 0 radical (unpaired) electrons. The predicted octanol–water partition coefficient (Wildman–Crippen LogP) is 2.96. The van der Waals surface area contributed by atoms with Gasteiger partial charge in [0.15, 0.2) is 11.5 Å². The van der Waals surface area contributed by atoms with Gasteiger partial charge in [0.2, 0.25) is 0 Å². The van der Waals surface area contributed by atoms with Gasteiger partial charge in [-0.15, -0.1) is 0 Å². The highest BCUT2D eigenvalue weighted by Gasteiger charge is 2.20. The van der Waals surface area contributed by atoms with Gasteiger partial charge in [-0.2, -0.15) is 4.98 Å². The average molecular weight is 476 g/mol. The van der Waals surface area contributed by atoms with Gasteiger partial charge < -0.3 is 9.67 Å². The van der Waals surface area contributed by atoms with E-state index in [-0.39, 0.29) is 17.9 Å². The van der Waals surface area contributed by atoms with E-state index in [1.807, 2.05) is 48.7 Å². The van der Waals surface area contributed by atoms with Crippen LogP contribution >= 0.6 is 0 Å². The summed E-state index contributed by atoms with van der Waals surface area (Å²) in [7, 11) is 0. The number of nitrogens with one attached hydrogen (secondary N) is 1. The van der Waals surface area contributed by atoms with E-state index < -0.39 is 17.2 Å². The lowest BCUT2D eigenvalue weighted by Crippen LogP contribution is -2.32. The van der Waals surface area contributed by atoms with E-state index in [2.05, 4.69) is 32.0 Å². The monoisotopic (exact) mass is 475 g/mol. The first-order valence-electron chi connectivity index (χ1n) is 11.7. The van der Waals surface area contributed by atoms with Gasteiger partial charge in [-0.1, -0.05) is 30.3 Å². The molecule has 35 heavy (non-hydrogen) atoms. The predicted molar refractivity (Wildman–Crippen MR) is 134 cm³/mol. The number of carboxylic acid groups (broad SMARTS) is 1. The van der Waals surface area contributed by atoms with Crippen LogP contribution in [0.2, 0.25) is 0 Å². The van der Waals surface area contributed by atoms with Crippen molar-refractivity contribution in [3.8, 4) is 11.5 Å². The number of nitrogens with zero attached hydrogens (tertiary/aromatic N) is 4. The molecule has 0 spiro atoms. The molecule has 0 saturated heterocycles. The van der Waals surface area contributed by atoms with Crippen molar-refractivity contribution in [1.82, 2.24) is 24.4 Å². The minimum atomic E-state index is -0.791. The lowest BCUT2D eigenvalue weighted by atomic mass is 10.1. The molecule has 2 aromatic carbocycles. The Kier molecular flexibility index (Phi) is 7.36. The van der Waals surface area contributed by atoms with Crippen molar-refractivity contribution in [2.45, 2.75) is 46.2 Å². The fraction of sp³-hybridized carbons (Fsp3) is 0.346. The molecule has 2 aliphatic rings. The first-order valence-corrected chi connectivity index (χ1v) is 11.7. The SMILES string of the molecule is Cc1cc2nc3c(=O)[nH]c(=O)nc-3n(CCN(CCCCC(=O)O)Cc3ccccc3)c2cc1C. The molecule has 2 aliphatic heterocycles. The first-order chi connectivity index (χ1) is 16.8. The zero-order valence-corrected chi connectivity index (χ0v) is 20.0. The molecule has 0 aliphatic carbocycles. The highest BCUT2D eigenvalue weighted by atomic mass is 16.4. The molecule has 0 fully saturated rings. The second-order valence-electron chi connectivity index (χ2n) is 8.84. The number of aryl methyl sites for hydroxylation is 2. The number of H-pyrrole nitrogens is 1. The van der Waals surface area contributed by atoms with Crippen LogP contribution in [0.25, 0.3) is 22.6 Å². The van der Waals surface area contributed by atoms with E-state index >= 15 is 0 Å². The van der Waals surface area contributed by atoms with E-state index in [0.29, 0.717) is 31.6 Å².